The monoisotopic (exact) mass is 352 g/mol. The number of aliphatic hydroxyl groups is 1. The molecule has 0 aliphatic rings. The number of hydrogen-bond acceptors (Lipinski definition) is 5. The summed E-state index contributed by atoms with van der Waals surface area (Å²) in [4.78, 5) is 23.7. The highest BCUT2D eigenvalue weighted by atomic mass is 35.5. The fraction of sp³-hybridized carbons (Fsp3) is 0.250. The SMILES string of the molecule is COc1ccc(NC(=O)C(=O)NC[C@](C)(O)c2ccco2)cc1Cl. The van der Waals surface area contributed by atoms with Gasteiger partial charge in [0.1, 0.15) is 17.1 Å². The van der Waals surface area contributed by atoms with Crippen LogP contribution in [-0.4, -0.2) is 30.6 Å². The van der Waals surface area contributed by atoms with Gasteiger partial charge in [0.15, 0.2) is 0 Å². The van der Waals surface area contributed by atoms with Gasteiger partial charge in [-0.3, -0.25) is 9.59 Å². The fourth-order valence-corrected chi connectivity index (χ4v) is 2.19. The molecular weight excluding hydrogens is 336 g/mol. The molecule has 0 spiro atoms. The van der Waals surface area contributed by atoms with Crippen LogP contribution in [0.3, 0.4) is 0 Å². The third kappa shape index (κ3) is 4.27. The number of hydrogen-bond donors (Lipinski definition) is 3. The zero-order chi connectivity index (χ0) is 17.7. The predicted octanol–water partition coefficient (Wildman–Crippen LogP) is 1.90. The Morgan fingerprint density at radius 2 is 2.08 bits per heavy atom. The van der Waals surface area contributed by atoms with E-state index in [1.807, 2.05) is 0 Å². The molecule has 24 heavy (non-hydrogen) atoms. The fourth-order valence-electron chi connectivity index (χ4n) is 1.94. The number of carbonyl (C=O) groups excluding carboxylic acids is 2. The Hall–Kier alpha value is -2.51. The predicted molar refractivity (Wildman–Crippen MR) is 87.9 cm³/mol. The van der Waals surface area contributed by atoms with Crippen molar-refractivity contribution in [3.8, 4) is 5.75 Å². The van der Waals surface area contributed by atoms with Crippen molar-refractivity contribution >= 4 is 29.1 Å². The molecule has 3 N–H and O–H groups in total. The van der Waals surface area contributed by atoms with Crippen LogP contribution >= 0.6 is 11.6 Å². The average molecular weight is 353 g/mol. The van der Waals surface area contributed by atoms with Gasteiger partial charge in [0.05, 0.1) is 24.9 Å². The third-order valence-electron chi connectivity index (χ3n) is 3.26. The van der Waals surface area contributed by atoms with E-state index in [2.05, 4.69) is 10.6 Å². The number of rotatable bonds is 5. The second-order valence-corrected chi connectivity index (χ2v) is 5.64. The van der Waals surface area contributed by atoms with E-state index in [0.717, 1.165) is 0 Å². The van der Waals surface area contributed by atoms with Crippen molar-refractivity contribution in [3.05, 3.63) is 47.4 Å². The van der Waals surface area contributed by atoms with E-state index in [4.69, 9.17) is 20.8 Å². The summed E-state index contributed by atoms with van der Waals surface area (Å²) in [6, 6.07) is 7.77. The van der Waals surface area contributed by atoms with Crippen molar-refractivity contribution in [2.75, 3.05) is 19.0 Å². The van der Waals surface area contributed by atoms with Gasteiger partial charge in [0, 0.05) is 5.69 Å². The molecule has 0 aliphatic carbocycles. The maximum Gasteiger partial charge on any atom is 0.313 e. The number of methoxy groups -OCH3 is 1. The topological polar surface area (TPSA) is 101 Å². The van der Waals surface area contributed by atoms with Crippen LogP contribution in [0.5, 0.6) is 5.75 Å². The van der Waals surface area contributed by atoms with Crippen LogP contribution in [0, 0.1) is 0 Å². The van der Waals surface area contributed by atoms with Crippen molar-refractivity contribution in [2.24, 2.45) is 0 Å². The van der Waals surface area contributed by atoms with Crippen LogP contribution in [0.4, 0.5) is 5.69 Å². The van der Waals surface area contributed by atoms with E-state index in [1.54, 1.807) is 24.3 Å². The summed E-state index contributed by atoms with van der Waals surface area (Å²) in [5.41, 5.74) is -1.08. The van der Waals surface area contributed by atoms with Crippen molar-refractivity contribution in [1.29, 1.82) is 0 Å². The van der Waals surface area contributed by atoms with Crippen LogP contribution in [0.25, 0.3) is 0 Å². The number of carbonyl (C=O) groups is 2. The minimum Gasteiger partial charge on any atom is -0.495 e. The Labute approximate surface area is 143 Å². The number of halogens is 1. The molecular formula is C16H17ClN2O5. The molecule has 0 bridgehead atoms. The quantitative estimate of drug-likeness (QED) is 0.713. The van der Waals surface area contributed by atoms with Gasteiger partial charge < -0.3 is 24.9 Å². The van der Waals surface area contributed by atoms with Gasteiger partial charge in [-0.1, -0.05) is 11.6 Å². The van der Waals surface area contributed by atoms with Gasteiger partial charge in [-0.15, -0.1) is 0 Å². The second kappa shape index (κ2) is 7.37. The van der Waals surface area contributed by atoms with Gasteiger partial charge in [0.25, 0.3) is 0 Å². The van der Waals surface area contributed by atoms with Crippen molar-refractivity contribution in [1.82, 2.24) is 5.32 Å². The number of nitrogens with one attached hydrogen (secondary N) is 2. The van der Waals surface area contributed by atoms with E-state index in [0.29, 0.717) is 16.5 Å². The molecule has 0 unspecified atom stereocenters. The van der Waals surface area contributed by atoms with Crippen LogP contribution in [0.15, 0.2) is 41.0 Å². The Balaban J connectivity index is 1.93. The number of furan rings is 1. The molecule has 128 valence electrons. The number of benzene rings is 1. The van der Waals surface area contributed by atoms with E-state index in [9.17, 15) is 14.7 Å². The first-order valence-electron chi connectivity index (χ1n) is 7.02. The number of anilines is 1. The van der Waals surface area contributed by atoms with Crippen LogP contribution in [0.1, 0.15) is 12.7 Å². The van der Waals surface area contributed by atoms with Gasteiger partial charge in [0.2, 0.25) is 0 Å². The van der Waals surface area contributed by atoms with Gasteiger partial charge in [-0.25, -0.2) is 0 Å². The molecule has 2 aromatic rings. The average Bonchev–Trinajstić information content (AvgIpc) is 3.08. The first-order chi connectivity index (χ1) is 11.3. The van der Waals surface area contributed by atoms with Crippen molar-refractivity contribution < 1.29 is 23.8 Å². The maximum absolute atomic E-state index is 11.9. The molecule has 0 aliphatic heterocycles. The van der Waals surface area contributed by atoms with Crippen LogP contribution in [0.2, 0.25) is 5.02 Å². The summed E-state index contributed by atoms with van der Waals surface area (Å²) >= 11 is 5.95. The summed E-state index contributed by atoms with van der Waals surface area (Å²) in [6.07, 6.45) is 1.41. The van der Waals surface area contributed by atoms with E-state index < -0.39 is 17.4 Å². The van der Waals surface area contributed by atoms with E-state index in [1.165, 1.54) is 26.4 Å². The zero-order valence-corrected chi connectivity index (χ0v) is 13.9. The lowest BCUT2D eigenvalue weighted by Gasteiger charge is -2.20. The lowest BCUT2D eigenvalue weighted by molar-refractivity contribution is -0.136. The van der Waals surface area contributed by atoms with Gasteiger partial charge in [-0.05, 0) is 37.3 Å². The largest absolute Gasteiger partial charge is 0.495 e. The van der Waals surface area contributed by atoms with Crippen LogP contribution in [-0.2, 0) is 15.2 Å². The summed E-state index contributed by atoms with van der Waals surface area (Å²) in [5.74, 6) is -1.04. The van der Waals surface area contributed by atoms with Gasteiger partial charge in [-0.2, -0.15) is 0 Å². The highest BCUT2D eigenvalue weighted by Crippen LogP contribution is 2.27. The molecule has 0 fully saturated rings. The van der Waals surface area contributed by atoms with Crippen LogP contribution < -0.4 is 15.4 Å². The minimum atomic E-state index is -1.43. The minimum absolute atomic E-state index is 0.184. The molecule has 2 rings (SSSR count). The third-order valence-corrected chi connectivity index (χ3v) is 3.56. The highest BCUT2D eigenvalue weighted by Gasteiger charge is 2.28. The molecule has 1 aromatic heterocycles. The lowest BCUT2D eigenvalue weighted by Crippen LogP contribution is -2.43. The summed E-state index contributed by atoms with van der Waals surface area (Å²) in [5, 5.41) is 15.3. The molecule has 1 heterocycles. The standard InChI is InChI=1S/C16H17ClN2O5/c1-16(22,13-4-3-7-24-13)9-18-14(20)15(21)19-10-5-6-12(23-2)11(17)8-10/h3-8,22H,9H2,1-2H3,(H,18,20)(H,19,21)/t16-/m0/s1. The lowest BCUT2D eigenvalue weighted by atomic mass is 10.0. The first-order valence-corrected chi connectivity index (χ1v) is 7.40. The Morgan fingerprint density at radius 3 is 2.67 bits per heavy atom. The van der Waals surface area contributed by atoms with E-state index in [-0.39, 0.29) is 12.3 Å². The molecule has 7 nitrogen and oxygen atoms in total. The Kier molecular flexibility index (Phi) is 5.48. The zero-order valence-electron chi connectivity index (χ0n) is 13.1. The molecule has 1 aromatic carbocycles. The summed E-state index contributed by atoms with van der Waals surface area (Å²) < 4.78 is 10.1. The van der Waals surface area contributed by atoms with E-state index >= 15 is 0 Å². The maximum atomic E-state index is 11.9. The first kappa shape index (κ1) is 17.8. The smallest absolute Gasteiger partial charge is 0.313 e. The molecule has 1 atom stereocenters. The van der Waals surface area contributed by atoms with Crippen molar-refractivity contribution in [3.63, 3.8) is 0 Å². The van der Waals surface area contributed by atoms with Crippen molar-refractivity contribution in [2.45, 2.75) is 12.5 Å². The molecule has 0 saturated carbocycles. The Bertz CT molecular complexity index is 728. The normalized spacial score (nSPS) is 13.0. The van der Waals surface area contributed by atoms with Gasteiger partial charge >= 0.3 is 11.8 Å². The molecule has 2 amide bonds. The molecule has 0 saturated heterocycles. The molecule has 0 radical (unpaired) electrons. The Morgan fingerprint density at radius 1 is 1.33 bits per heavy atom. The summed E-state index contributed by atoms with van der Waals surface area (Å²) in [6.45, 7) is 1.28. The second-order valence-electron chi connectivity index (χ2n) is 5.24. The summed E-state index contributed by atoms with van der Waals surface area (Å²) in [7, 11) is 1.47. The highest BCUT2D eigenvalue weighted by molar-refractivity contribution is 6.40. The molecule has 8 heteroatoms. The number of amides is 2. The number of ether oxygens (including phenoxy) is 1.